The Labute approximate surface area is 110 Å². The Morgan fingerprint density at radius 2 is 2.21 bits per heavy atom. The SMILES string of the molecule is O=C(O)COc1ccccc1NC(=O)[C@H]1CCCN1. The van der Waals surface area contributed by atoms with Crippen LogP contribution in [0, 0.1) is 0 Å². The molecule has 1 aromatic rings. The zero-order chi connectivity index (χ0) is 13.7. The van der Waals surface area contributed by atoms with Crippen LogP contribution in [0.5, 0.6) is 5.75 Å². The van der Waals surface area contributed by atoms with Gasteiger partial charge in [0.25, 0.3) is 0 Å². The van der Waals surface area contributed by atoms with Crippen molar-refractivity contribution >= 4 is 17.6 Å². The minimum Gasteiger partial charge on any atom is -0.480 e. The van der Waals surface area contributed by atoms with E-state index in [1.807, 2.05) is 0 Å². The summed E-state index contributed by atoms with van der Waals surface area (Å²) in [6, 6.07) is 6.60. The van der Waals surface area contributed by atoms with Gasteiger partial charge in [-0.2, -0.15) is 0 Å². The number of anilines is 1. The number of carbonyl (C=O) groups is 2. The van der Waals surface area contributed by atoms with E-state index in [0.717, 1.165) is 19.4 Å². The monoisotopic (exact) mass is 264 g/mol. The number of carboxylic acids is 1. The Balaban J connectivity index is 2.02. The Bertz CT molecular complexity index is 469. The minimum absolute atomic E-state index is 0.121. The summed E-state index contributed by atoms with van der Waals surface area (Å²) >= 11 is 0. The van der Waals surface area contributed by atoms with Crippen LogP contribution < -0.4 is 15.4 Å². The number of hydrogen-bond acceptors (Lipinski definition) is 4. The molecular weight excluding hydrogens is 248 g/mol. The maximum Gasteiger partial charge on any atom is 0.341 e. The zero-order valence-electron chi connectivity index (χ0n) is 10.4. The van der Waals surface area contributed by atoms with Crippen molar-refractivity contribution in [3.63, 3.8) is 0 Å². The molecule has 1 atom stereocenters. The molecular formula is C13H16N2O4. The van der Waals surface area contributed by atoms with Crippen LogP contribution in [0.4, 0.5) is 5.69 Å². The van der Waals surface area contributed by atoms with Crippen molar-refractivity contribution in [2.45, 2.75) is 18.9 Å². The number of benzene rings is 1. The molecule has 1 aliphatic heterocycles. The first-order chi connectivity index (χ1) is 9.16. The highest BCUT2D eigenvalue weighted by Crippen LogP contribution is 2.24. The summed E-state index contributed by atoms with van der Waals surface area (Å²) in [5.74, 6) is -0.821. The number of para-hydroxylation sites is 2. The van der Waals surface area contributed by atoms with Gasteiger partial charge in [-0.15, -0.1) is 0 Å². The van der Waals surface area contributed by atoms with E-state index in [1.165, 1.54) is 0 Å². The van der Waals surface area contributed by atoms with E-state index >= 15 is 0 Å². The molecule has 1 heterocycles. The third-order valence-corrected chi connectivity index (χ3v) is 2.87. The summed E-state index contributed by atoms with van der Waals surface area (Å²) in [7, 11) is 0. The van der Waals surface area contributed by atoms with Crippen molar-refractivity contribution in [2.24, 2.45) is 0 Å². The van der Waals surface area contributed by atoms with E-state index in [-0.39, 0.29) is 11.9 Å². The normalized spacial score (nSPS) is 18.0. The maximum atomic E-state index is 12.0. The van der Waals surface area contributed by atoms with Crippen LogP contribution in [-0.2, 0) is 9.59 Å². The van der Waals surface area contributed by atoms with Crippen molar-refractivity contribution in [3.05, 3.63) is 24.3 Å². The van der Waals surface area contributed by atoms with Gasteiger partial charge in [0.15, 0.2) is 6.61 Å². The van der Waals surface area contributed by atoms with Crippen molar-refractivity contribution in [1.82, 2.24) is 5.32 Å². The predicted octanol–water partition coefficient (Wildman–Crippen LogP) is 0.840. The highest BCUT2D eigenvalue weighted by molar-refractivity contribution is 5.96. The van der Waals surface area contributed by atoms with Crippen molar-refractivity contribution in [3.8, 4) is 5.75 Å². The van der Waals surface area contributed by atoms with Crippen LogP contribution in [0.2, 0.25) is 0 Å². The molecule has 102 valence electrons. The fraction of sp³-hybridized carbons (Fsp3) is 0.385. The Morgan fingerprint density at radius 3 is 2.89 bits per heavy atom. The van der Waals surface area contributed by atoms with Gasteiger partial charge < -0.3 is 20.5 Å². The van der Waals surface area contributed by atoms with Crippen LogP contribution in [-0.4, -0.2) is 36.2 Å². The van der Waals surface area contributed by atoms with E-state index in [9.17, 15) is 9.59 Å². The fourth-order valence-corrected chi connectivity index (χ4v) is 1.96. The highest BCUT2D eigenvalue weighted by Gasteiger charge is 2.22. The third kappa shape index (κ3) is 3.69. The molecule has 1 saturated heterocycles. The average Bonchev–Trinajstić information content (AvgIpc) is 2.91. The van der Waals surface area contributed by atoms with Gasteiger partial charge >= 0.3 is 5.97 Å². The van der Waals surface area contributed by atoms with Crippen molar-refractivity contribution in [1.29, 1.82) is 0 Å². The smallest absolute Gasteiger partial charge is 0.341 e. The first-order valence-electron chi connectivity index (χ1n) is 6.14. The van der Waals surface area contributed by atoms with E-state index in [4.69, 9.17) is 9.84 Å². The van der Waals surface area contributed by atoms with E-state index in [2.05, 4.69) is 10.6 Å². The minimum atomic E-state index is -1.06. The van der Waals surface area contributed by atoms with Gasteiger partial charge in [0.1, 0.15) is 5.75 Å². The summed E-state index contributed by atoms with van der Waals surface area (Å²) in [6.45, 7) is 0.407. The highest BCUT2D eigenvalue weighted by atomic mass is 16.5. The number of ether oxygens (including phenoxy) is 1. The number of carboxylic acid groups (broad SMARTS) is 1. The van der Waals surface area contributed by atoms with Gasteiger partial charge in [-0.3, -0.25) is 4.79 Å². The molecule has 0 spiro atoms. The molecule has 0 aliphatic carbocycles. The van der Waals surface area contributed by atoms with E-state index in [1.54, 1.807) is 24.3 Å². The molecule has 1 amide bonds. The van der Waals surface area contributed by atoms with Gasteiger partial charge in [0.2, 0.25) is 5.91 Å². The zero-order valence-corrected chi connectivity index (χ0v) is 10.4. The van der Waals surface area contributed by atoms with Gasteiger partial charge in [0.05, 0.1) is 11.7 Å². The number of nitrogens with one attached hydrogen (secondary N) is 2. The summed E-state index contributed by atoms with van der Waals surface area (Å²) in [5.41, 5.74) is 0.488. The second kappa shape index (κ2) is 6.19. The molecule has 6 nitrogen and oxygen atoms in total. The van der Waals surface area contributed by atoms with E-state index in [0.29, 0.717) is 11.4 Å². The summed E-state index contributed by atoms with van der Waals surface area (Å²) in [4.78, 5) is 22.5. The molecule has 0 aromatic heterocycles. The maximum absolute atomic E-state index is 12.0. The number of aliphatic carboxylic acids is 1. The van der Waals surface area contributed by atoms with Gasteiger partial charge in [0, 0.05) is 0 Å². The van der Waals surface area contributed by atoms with Crippen molar-refractivity contribution in [2.75, 3.05) is 18.5 Å². The lowest BCUT2D eigenvalue weighted by atomic mass is 10.2. The first-order valence-corrected chi connectivity index (χ1v) is 6.14. The molecule has 6 heteroatoms. The van der Waals surface area contributed by atoms with E-state index < -0.39 is 12.6 Å². The number of amides is 1. The van der Waals surface area contributed by atoms with Crippen LogP contribution >= 0.6 is 0 Å². The molecule has 1 aliphatic rings. The second-order valence-corrected chi connectivity index (χ2v) is 4.32. The standard InChI is InChI=1S/C13H16N2O4/c16-12(17)8-19-11-6-2-1-4-9(11)15-13(18)10-5-3-7-14-10/h1-2,4,6,10,14H,3,5,7-8H2,(H,15,18)(H,16,17)/t10-/m1/s1. The summed E-state index contributed by atoms with van der Waals surface area (Å²) < 4.78 is 5.13. The summed E-state index contributed by atoms with van der Waals surface area (Å²) in [6.07, 6.45) is 1.79. The lowest BCUT2D eigenvalue weighted by Gasteiger charge is -2.14. The van der Waals surface area contributed by atoms with Crippen molar-refractivity contribution < 1.29 is 19.4 Å². The number of rotatable bonds is 5. The molecule has 1 fully saturated rings. The number of carbonyl (C=O) groups excluding carboxylic acids is 1. The van der Waals surface area contributed by atoms with Gasteiger partial charge in [-0.05, 0) is 31.5 Å². The van der Waals surface area contributed by atoms with Crippen LogP contribution in [0.1, 0.15) is 12.8 Å². The number of hydrogen-bond donors (Lipinski definition) is 3. The van der Waals surface area contributed by atoms with Crippen LogP contribution in [0.25, 0.3) is 0 Å². The molecule has 0 radical (unpaired) electrons. The third-order valence-electron chi connectivity index (χ3n) is 2.87. The van der Waals surface area contributed by atoms with Crippen LogP contribution in [0.3, 0.4) is 0 Å². The average molecular weight is 264 g/mol. The Kier molecular flexibility index (Phi) is 4.35. The molecule has 0 unspecified atom stereocenters. The van der Waals surface area contributed by atoms with Crippen LogP contribution in [0.15, 0.2) is 24.3 Å². The lowest BCUT2D eigenvalue weighted by Crippen LogP contribution is -2.35. The Hall–Kier alpha value is -2.08. The predicted molar refractivity (Wildman–Crippen MR) is 69.2 cm³/mol. The first kappa shape index (κ1) is 13.4. The van der Waals surface area contributed by atoms with Gasteiger partial charge in [-0.25, -0.2) is 4.79 Å². The lowest BCUT2D eigenvalue weighted by molar-refractivity contribution is -0.139. The topological polar surface area (TPSA) is 87.7 Å². The summed E-state index contributed by atoms with van der Waals surface area (Å²) in [5, 5.41) is 14.5. The molecule has 3 N–H and O–H groups in total. The Morgan fingerprint density at radius 1 is 1.42 bits per heavy atom. The van der Waals surface area contributed by atoms with Gasteiger partial charge in [-0.1, -0.05) is 12.1 Å². The molecule has 19 heavy (non-hydrogen) atoms. The quantitative estimate of drug-likeness (QED) is 0.733. The molecule has 1 aromatic carbocycles. The fourth-order valence-electron chi connectivity index (χ4n) is 1.96. The molecule has 2 rings (SSSR count). The molecule has 0 saturated carbocycles. The molecule has 0 bridgehead atoms. The largest absolute Gasteiger partial charge is 0.480 e. The second-order valence-electron chi connectivity index (χ2n) is 4.32.